The van der Waals surface area contributed by atoms with Crippen molar-refractivity contribution in [1.82, 2.24) is 15.0 Å². The number of anilines is 1. The predicted molar refractivity (Wildman–Crippen MR) is 116 cm³/mol. The van der Waals surface area contributed by atoms with Gasteiger partial charge in [0.05, 0.1) is 16.9 Å². The zero-order valence-corrected chi connectivity index (χ0v) is 17.4. The molecule has 1 aliphatic heterocycles. The van der Waals surface area contributed by atoms with Crippen molar-refractivity contribution in [2.75, 3.05) is 11.1 Å². The maximum absolute atomic E-state index is 14.6. The molecule has 1 atom stereocenters. The minimum absolute atomic E-state index is 0.201. The highest BCUT2D eigenvalue weighted by atomic mass is 32.2. The molecular weight excluding hydrogens is 403 g/mol. The van der Waals surface area contributed by atoms with E-state index >= 15 is 0 Å². The third kappa shape index (κ3) is 3.93. The Kier molecular flexibility index (Phi) is 5.29. The first-order valence-corrected chi connectivity index (χ1v) is 10.4. The van der Waals surface area contributed by atoms with Gasteiger partial charge >= 0.3 is 0 Å². The van der Waals surface area contributed by atoms with Gasteiger partial charge in [-0.25, -0.2) is 4.39 Å². The van der Waals surface area contributed by atoms with Gasteiger partial charge < -0.3 is 11.1 Å². The number of thioether (sulfide) groups is 1. The number of carbonyl (C=O) groups excluding carboxylic acids is 1. The Hall–Kier alpha value is -3.20. The number of amidine groups is 1. The highest BCUT2D eigenvalue weighted by Crippen LogP contribution is 2.37. The number of hydrogen-bond acceptors (Lipinski definition) is 6. The van der Waals surface area contributed by atoms with Gasteiger partial charge in [0.1, 0.15) is 5.82 Å². The number of hydrogen-bond donors (Lipinski definition) is 2. The highest BCUT2D eigenvalue weighted by molar-refractivity contribution is 8.13. The molecule has 0 saturated heterocycles. The molecule has 1 aromatic heterocycles. The molecule has 0 aliphatic carbocycles. The number of nitrogens with one attached hydrogen (secondary N) is 1. The largest absolute Gasteiger partial charge is 0.379 e. The summed E-state index contributed by atoms with van der Waals surface area (Å²) in [6, 6.07) is 13.8. The molecule has 30 heavy (non-hydrogen) atoms. The first kappa shape index (κ1) is 20.1. The van der Waals surface area contributed by atoms with E-state index in [-0.39, 0.29) is 11.5 Å². The minimum Gasteiger partial charge on any atom is -0.379 e. The Morgan fingerprint density at radius 1 is 1.23 bits per heavy atom. The summed E-state index contributed by atoms with van der Waals surface area (Å²) in [5, 5.41) is 11.9. The highest BCUT2D eigenvalue weighted by Gasteiger charge is 2.32. The van der Waals surface area contributed by atoms with Crippen LogP contribution in [0, 0.1) is 12.7 Å². The second kappa shape index (κ2) is 7.91. The Bertz CT molecular complexity index is 1130. The van der Waals surface area contributed by atoms with Crippen molar-refractivity contribution >= 4 is 28.5 Å². The number of halogens is 1. The number of benzene rings is 2. The summed E-state index contributed by atoms with van der Waals surface area (Å²) in [5.41, 5.74) is 7.39. The standard InChI is InChI=1S/C21H21FN6OS/c1-13-18(27-28(26-13)15-6-4-3-5-7-15)19(29)24-14-8-9-17(22)16(12-14)21(2)10-11-30-20(23)25-21/h3-9,12H,10-11H2,1-2H3,(H2,23,25)(H,24,29). The van der Waals surface area contributed by atoms with Gasteiger partial charge in [0.15, 0.2) is 10.9 Å². The molecule has 0 bridgehead atoms. The summed E-state index contributed by atoms with van der Waals surface area (Å²) in [6.45, 7) is 3.56. The van der Waals surface area contributed by atoms with Crippen molar-refractivity contribution in [3.63, 3.8) is 0 Å². The van der Waals surface area contributed by atoms with Gasteiger partial charge in [-0.1, -0.05) is 30.0 Å². The van der Waals surface area contributed by atoms with Gasteiger partial charge in [-0.05, 0) is 50.6 Å². The number of para-hydroxylation sites is 1. The van der Waals surface area contributed by atoms with Crippen LogP contribution in [0.5, 0.6) is 0 Å². The van der Waals surface area contributed by atoms with Crippen molar-refractivity contribution in [2.24, 2.45) is 10.7 Å². The van der Waals surface area contributed by atoms with E-state index < -0.39 is 11.4 Å². The second-order valence-electron chi connectivity index (χ2n) is 7.23. The summed E-state index contributed by atoms with van der Waals surface area (Å²) in [7, 11) is 0. The van der Waals surface area contributed by atoms with Gasteiger partial charge in [0.2, 0.25) is 0 Å². The first-order chi connectivity index (χ1) is 14.4. The van der Waals surface area contributed by atoms with Crippen LogP contribution in [0.4, 0.5) is 10.1 Å². The lowest BCUT2D eigenvalue weighted by Crippen LogP contribution is -2.29. The van der Waals surface area contributed by atoms with Crippen LogP contribution in [0.1, 0.15) is 35.1 Å². The van der Waals surface area contributed by atoms with Crippen LogP contribution in [0.25, 0.3) is 5.69 Å². The molecule has 1 amide bonds. The Balaban J connectivity index is 1.60. The molecule has 0 fully saturated rings. The maximum Gasteiger partial charge on any atom is 0.278 e. The molecule has 2 aromatic carbocycles. The summed E-state index contributed by atoms with van der Waals surface area (Å²) in [6.07, 6.45) is 0.650. The first-order valence-electron chi connectivity index (χ1n) is 9.44. The van der Waals surface area contributed by atoms with Crippen molar-refractivity contribution in [3.8, 4) is 5.69 Å². The average molecular weight is 425 g/mol. The van der Waals surface area contributed by atoms with Crippen LogP contribution in [-0.2, 0) is 5.54 Å². The molecule has 1 unspecified atom stereocenters. The normalized spacial score (nSPS) is 18.7. The quantitative estimate of drug-likeness (QED) is 0.666. The van der Waals surface area contributed by atoms with Crippen LogP contribution in [0.3, 0.4) is 0 Å². The van der Waals surface area contributed by atoms with E-state index in [2.05, 4.69) is 20.5 Å². The number of aliphatic imine (C=N–C) groups is 1. The van der Waals surface area contributed by atoms with E-state index in [1.54, 1.807) is 13.0 Å². The smallest absolute Gasteiger partial charge is 0.278 e. The van der Waals surface area contributed by atoms with E-state index in [0.29, 0.717) is 28.5 Å². The molecule has 0 saturated carbocycles. The molecule has 4 rings (SSSR count). The molecular formula is C21H21FN6OS. The van der Waals surface area contributed by atoms with Gasteiger partial charge in [0.25, 0.3) is 5.91 Å². The number of aryl methyl sites for hydroxylation is 1. The van der Waals surface area contributed by atoms with Crippen LogP contribution < -0.4 is 11.1 Å². The molecule has 2 heterocycles. The van der Waals surface area contributed by atoms with E-state index in [0.717, 1.165) is 11.4 Å². The van der Waals surface area contributed by atoms with Crippen molar-refractivity contribution in [3.05, 3.63) is 71.3 Å². The number of carbonyl (C=O) groups is 1. The summed E-state index contributed by atoms with van der Waals surface area (Å²) in [5.74, 6) is -0.0475. The number of aromatic nitrogens is 3. The zero-order valence-electron chi connectivity index (χ0n) is 16.6. The topological polar surface area (TPSA) is 98.2 Å². The van der Waals surface area contributed by atoms with Gasteiger partial charge in [-0.2, -0.15) is 9.90 Å². The molecule has 0 spiro atoms. The fourth-order valence-corrected chi connectivity index (χ4v) is 4.33. The van der Waals surface area contributed by atoms with E-state index in [1.807, 2.05) is 37.3 Å². The molecule has 9 heteroatoms. The lowest BCUT2D eigenvalue weighted by molar-refractivity contribution is 0.102. The van der Waals surface area contributed by atoms with Crippen molar-refractivity contribution in [1.29, 1.82) is 0 Å². The van der Waals surface area contributed by atoms with Crippen LogP contribution in [0.15, 0.2) is 53.5 Å². The molecule has 0 radical (unpaired) electrons. The Morgan fingerprint density at radius 3 is 2.73 bits per heavy atom. The molecule has 154 valence electrons. The van der Waals surface area contributed by atoms with Crippen LogP contribution >= 0.6 is 11.8 Å². The maximum atomic E-state index is 14.6. The number of nitrogens with zero attached hydrogens (tertiary/aromatic N) is 4. The second-order valence-corrected chi connectivity index (χ2v) is 8.35. The molecule has 3 aromatic rings. The molecule has 1 aliphatic rings. The lowest BCUT2D eigenvalue weighted by atomic mass is 9.89. The van der Waals surface area contributed by atoms with Crippen molar-refractivity contribution < 1.29 is 9.18 Å². The van der Waals surface area contributed by atoms with Crippen molar-refractivity contribution in [2.45, 2.75) is 25.8 Å². The van der Waals surface area contributed by atoms with Gasteiger partial charge in [-0.3, -0.25) is 9.79 Å². The molecule has 3 N–H and O–H groups in total. The SMILES string of the molecule is Cc1nn(-c2ccccc2)nc1C(=O)Nc1ccc(F)c(C2(C)CCSC(N)=N2)c1. The van der Waals surface area contributed by atoms with E-state index in [9.17, 15) is 9.18 Å². The number of rotatable bonds is 4. The monoisotopic (exact) mass is 424 g/mol. The zero-order chi connectivity index (χ0) is 21.3. The summed E-state index contributed by atoms with van der Waals surface area (Å²) in [4.78, 5) is 18.7. The van der Waals surface area contributed by atoms with Gasteiger partial charge in [0, 0.05) is 17.0 Å². The fourth-order valence-electron chi connectivity index (χ4n) is 3.35. The van der Waals surface area contributed by atoms with E-state index in [4.69, 9.17) is 5.73 Å². The fraction of sp³-hybridized carbons (Fsp3) is 0.238. The summed E-state index contributed by atoms with van der Waals surface area (Å²) >= 11 is 1.45. The van der Waals surface area contributed by atoms with Crippen LogP contribution in [-0.4, -0.2) is 31.8 Å². The minimum atomic E-state index is -0.771. The third-order valence-electron chi connectivity index (χ3n) is 4.98. The number of amides is 1. The van der Waals surface area contributed by atoms with Crippen LogP contribution in [0.2, 0.25) is 0 Å². The predicted octanol–water partition coefficient (Wildman–Crippen LogP) is 3.63. The van der Waals surface area contributed by atoms with E-state index in [1.165, 1.54) is 28.7 Å². The number of nitrogens with two attached hydrogens (primary N) is 1. The lowest BCUT2D eigenvalue weighted by Gasteiger charge is -2.30. The van der Waals surface area contributed by atoms with Gasteiger partial charge in [-0.15, -0.1) is 5.10 Å². The molecule has 7 nitrogen and oxygen atoms in total. The Morgan fingerprint density at radius 2 is 2.00 bits per heavy atom. The average Bonchev–Trinajstić information content (AvgIpc) is 3.12. The summed E-state index contributed by atoms with van der Waals surface area (Å²) < 4.78 is 14.6. The Labute approximate surface area is 177 Å². The third-order valence-corrected chi connectivity index (χ3v) is 5.78.